The van der Waals surface area contributed by atoms with Crippen molar-refractivity contribution in [3.63, 3.8) is 0 Å². The first kappa shape index (κ1) is 13.9. The Bertz CT molecular complexity index is 429. The molecule has 8 nitrogen and oxygen atoms in total. The van der Waals surface area contributed by atoms with E-state index in [4.69, 9.17) is 9.84 Å². The van der Waals surface area contributed by atoms with Gasteiger partial charge in [-0.3, -0.25) is 4.31 Å². The minimum absolute atomic E-state index is 0.227. The number of amidine groups is 1. The summed E-state index contributed by atoms with van der Waals surface area (Å²) in [4.78, 5) is 0. The third-order valence-electron chi connectivity index (χ3n) is 3.10. The highest BCUT2D eigenvalue weighted by Crippen LogP contribution is 2.20. The van der Waals surface area contributed by atoms with E-state index in [1.165, 1.54) is 0 Å². The minimum atomic E-state index is 0.227. The van der Waals surface area contributed by atoms with Crippen LogP contribution in [-0.2, 0) is 0 Å². The van der Waals surface area contributed by atoms with Crippen LogP contribution < -0.4 is 10.6 Å². The normalized spacial score (nSPS) is 18.5. The molecule has 0 aromatic carbocycles. The molecule has 0 atom stereocenters. The van der Waals surface area contributed by atoms with Gasteiger partial charge in [0.2, 0.25) is 5.82 Å². The number of piperidine rings is 1. The first-order valence-electron chi connectivity index (χ1n) is 6.06. The molecule has 0 radical (unpaired) electrons. The number of hydrogen-bond donors (Lipinski definition) is 3. The molecule has 1 aliphatic rings. The number of nitrogens with zero attached hydrogens (tertiary/aromatic N) is 4. The summed E-state index contributed by atoms with van der Waals surface area (Å²) in [6.45, 7) is 2.07. The molecule has 1 aromatic heterocycles. The van der Waals surface area contributed by atoms with E-state index in [2.05, 4.69) is 36.7 Å². The van der Waals surface area contributed by atoms with Crippen molar-refractivity contribution in [1.82, 2.24) is 19.9 Å². The summed E-state index contributed by atoms with van der Waals surface area (Å²) < 4.78 is 7.03. The number of aromatic nitrogens is 2. The molecule has 0 saturated carbocycles. The van der Waals surface area contributed by atoms with Crippen molar-refractivity contribution in [3.05, 3.63) is 5.69 Å². The molecular formula is C10H18N6O2S. The molecule has 0 spiro atoms. The molecule has 0 bridgehead atoms. The molecular weight excluding hydrogens is 268 g/mol. The standard InChI is InChI=1S/C10H18N6O2S/c1-11-9(13-17)8-10(15-18-14-8)12-7-3-5-16(19-2)6-4-7/h7,17H,3-6H2,1-2H3,(H,11,13)(H,12,15). The number of nitrogens with one attached hydrogen (secondary N) is 2. The van der Waals surface area contributed by atoms with E-state index in [0.29, 0.717) is 17.6 Å². The van der Waals surface area contributed by atoms with E-state index in [1.807, 2.05) is 0 Å². The third kappa shape index (κ3) is 3.29. The zero-order chi connectivity index (χ0) is 13.7. The van der Waals surface area contributed by atoms with Crippen molar-refractivity contribution in [1.29, 1.82) is 0 Å². The second kappa shape index (κ2) is 6.62. The molecule has 0 amide bonds. The second-order valence-corrected chi connectivity index (χ2v) is 5.07. The number of oxime groups is 1. The van der Waals surface area contributed by atoms with Crippen LogP contribution in [0.3, 0.4) is 0 Å². The van der Waals surface area contributed by atoms with Gasteiger partial charge >= 0.3 is 0 Å². The summed E-state index contributed by atoms with van der Waals surface area (Å²) in [5.74, 6) is 0.732. The topological polar surface area (TPSA) is 98.8 Å². The highest BCUT2D eigenvalue weighted by atomic mass is 32.2. The smallest absolute Gasteiger partial charge is 0.202 e. The average molecular weight is 286 g/mol. The maximum Gasteiger partial charge on any atom is 0.202 e. The molecule has 0 unspecified atom stereocenters. The van der Waals surface area contributed by atoms with Crippen LogP contribution in [-0.4, -0.2) is 58.1 Å². The Morgan fingerprint density at radius 3 is 2.79 bits per heavy atom. The van der Waals surface area contributed by atoms with Gasteiger partial charge < -0.3 is 15.8 Å². The predicted molar refractivity (Wildman–Crippen MR) is 73.4 cm³/mol. The summed E-state index contributed by atoms with van der Waals surface area (Å²) in [7, 11) is 1.64. The largest absolute Gasteiger partial charge is 0.409 e. The van der Waals surface area contributed by atoms with E-state index in [0.717, 1.165) is 25.9 Å². The van der Waals surface area contributed by atoms with Gasteiger partial charge in [-0.1, -0.05) is 17.1 Å². The fourth-order valence-corrected chi connectivity index (χ4v) is 2.61. The van der Waals surface area contributed by atoms with Gasteiger partial charge in [-0.2, -0.15) is 0 Å². The van der Waals surface area contributed by atoms with Crippen LogP contribution in [0.1, 0.15) is 18.5 Å². The molecule has 19 heavy (non-hydrogen) atoms. The zero-order valence-corrected chi connectivity index (χ0v) is 11.8. The van der Waals surface area contributed by atoms with E-state index in [9.17, 15) is 0 Å². The molecule has 2 rings (SSSR count). The van der Waals surface area contributed by atoms with Crippen LogP contribution in [0.25, 0.3) is 0 Å². The zero-order valence-electron chi connectivity index (χ0n) is 11.0. The van der Waals surface area contributed by atoms with Gasteiger partial charge in [0.15, 0.2) is 11.5 Å². The lowest BCUT2D eigenvalue weighted by Gasteiger charge is -2.30. The fraction of sp³-hybridized carbons (Fsp3) is 0.700. The van der Waals surface area contributed by atoms with Crippen LogP contribution >= 0.6 is 11.9 Å². The SMILES string of the molecule is CN/C(=N\O)c1nonc1NC1CCN(SC)CC1. The van der Waals surface area contributed by atoms with E-state index < -0.39 is 0 Å². The van der Waals surface area contributed by atoms with Crippen molar-refractivity contribution in [2.75, 3.05) is 31.7 Å². The summed E-state index contributed by atoms with van der Waals surface area (Å²) in [5.41, 5.74) is 0.386. The Hall–Kier alpha value is -1.48. The highest BCUT2D eigenvalue weighted by molar-refractivity contribution is 7.96. The Morgan fingerprint density at radius 1 is 1.47 bits per heavy atom. The van der Waals surface area contributed by atoms with Crippen molar-refractivity contribution < 1.29 is 9.84 Å². The van der Waals surface area contributed by atoms with Crippen molar-refractivity contribution in [2.24, 2.45) is 5.16 Å². The molecule has 1 aliphatic heterocycles. The quantitative estimate of drug-likeness (QED) is 0.243. The Morgan fingerprint density at radius 2 is 2.21 bits per heavy atom. The molecule has 1 aromatic rings. The molecule has 1 saturated heterocycles. The van der Waals surface area contributed by atoms with Gasteiger partial charge in [-0.05, 0) is 29.4 Å². The molecule has 3 N–H and O–H groups in total. The first-order chi connectivity index (χ1) is 9.28. The number of rotatable bonds is 4. The molecule has 2 heterocycles. The van der Waals surface area contributed by atoms with Crippen molar-refractivity contribution in [2.45, 2.75) is 18.9 Å². The van der Waals surface area contributed by atoms with Gasteiger partial charge in [0.1, 0.15) is 0 Å². The maximum absolute atomic E-state index is 8.87. The van der Waals surface area contributed by atoms with Crippen LogP contribution in [0.4, 0.5) is 5.82 Å². The average Bonchev–Trinajstić information content (AvgIpc) is 2.89. The summed E-state index contributed by atoms with van der Waals surface area (Å²) >= 11 is 1.77. The van der Waals surface area contributed by atoms with E-state index >= 15 is 0 Å². The second-order valence-electron chi connectivity index (χ2n) is 4.19. The maximum atomic E-state index is 8.87. The van der Waals surface area contributed by atoms with Gasteiger partial charge in [-0.15, -0.1) is 0 Å². The van der Waals surface area contributed by atoms with Crippen molar-refractivity contribution in [3.8, 4) is 0 Å². The summed E-state index contributed by atoms with van der Waals surface area (Å²) in [6, 6.07) is 0.325. The van der Waals surface area contributed by atoms with Gasteiger partial charge in [-0.25, -0.2) is 4.63 Å². The Labute approximate surface area is 115 Å². The summed E-state index contributed by atoms with van der Waals surface area (Å²) in [5, 5.41) is 25.6. The van der Waals surface area contributed by atoms with E-state index in [-0.39, 0.29) is 5.84 Å². The molecule has 106 valence electrons. The lowest BCUT2D eigenvalue weighted by molar-refractivity contribution is 0.303. The predicted octanol–water partition coefficient (Wildman–Crippen LogP) is 0.579. The Kier molecular flexibility index (Phi) is 4.86. The summed E-state index contributed by atoms with van der Waals surface area (Å²) in [6.07, 6.45) is 4.14. The van der Waals surface area contributed by atoms with Crippen LogP contribution in [0.2, 0.25) is 0 Å². The third-order valence-corrected chi connectivity index (χ3v) is 3.98. The van der Waals surface area contributed by atoms with Gasteiger partial charge in [0.05, 0.1) is 0 Å². The monoisotopic (exact) mass is 286 g/mol. The van der Waals surface area contributed by atoms with Crippen LogP contribution in [0.5, 0.6) is 0 Å². The molecule has 1 fully saturated rings. The molecule has 0 aliphatic carbocycles. The molecule has 9 heteroatoms. The Balaban J connectivity index is 1.99. The lowest BCUT2D eigenvalue weighted by Crippen LogP contribution is -2.36. The number of hydrogen-bond acceptors (Lipinski definition) is 8. The van der Waals surface area contributed by atoms with Gasteiger partial charge in [0, 0.05) is 26.2 Å². The van der Waals surface area contributed by atoms with Crippen LogP contribution in [0, 0.1) is 0 Å². The number of anilines is 1. The highest BCUT2D eigenvalue weighted by Gasteiger charge is 2.23. The van der Waals surface area contributed by atoms with E-state index in [1.54, 1.807) is 19.0 Å². The fourth-order valence-electron chi connectivity index (χ4n) is 2.03. The first-order valence-corrected chi connectivity index (χ1v) is 7.25. The van der Waals surface area contributed by atoms with Crippen molar-refractivity contribution >= 4 is 23.6 Å². The lowest BCUT2D eigenvalue weighted by atomic mass is 10.1. The van der Waals surface area contributed by atoms with Gasteiger partial charge in [0.25, 0.3) is 0 Å². The van der Waals surface area contributed by atoms with Crippen LogP contribution in [0.15, 0.2) is 9.78 Å². The minimum Gasteiger partial charge on any atom is -0.409 e.